The topological polar surface area (TPSA) is 51.3 Å². The van der Waals surface area contributed by atoms with Crippen LogP contribution in [0.15, 0.2) is 54.7 Å². The van der Waals surface area contributed by atoms with Crippen molar-refractivity contribution in [3.05, 3.63) is 65.9 Å². The molecule has 2 aromatic carbocycles. The van der Waals surface area contributed by atoms with Crippen molar-refractivity contribution in [3.63, 3.8) is 0 Å². The number of aromatic nitrogens is 1. The highest BCUT2D eigenvalue weighted by Crippen LogP contribution is 2.25. The van der Waals surface area contributed by atoms with E-state index in [0.29, 0.717) is 5.56 Å². The van der Waals surface area contributed by atoms with Gasteiger partial charge < -0.3 is 10.3 Å². The third-order valence-electron chi connectivity index (χ3n) is 5.05. The molecule has 0 radical (unpaired) electrons. The molecular formula is C21H23N3O. The van der Waals surface area contributed by atoms with Crippen LogP contribution in [-0.4, -0.2) is 28.5 Å². The van der Waals surface area contributed by atoms with Crippen molar-refractivity contribution < 1.29 is 4.79 Å². The van der Waals surface area contributed by atoms with E-state index in [0.717, 1.165) is 23.1 Å². The van der Waals surface area contributed by atoms with Gasteiger partial charge in [0.2, 0.25) is 0 Å². The summed E-state index contributed by atoms with van der Waals surface area (Å²) in [5.74, 6) is -0.392. The Kier molecular flexibility index (Phi) is 4.28. The van der Waals surface area contributed by atoms with Gasteiger partial charge in [-0.3, -0.25) is 9.69 Å². The van der Waals surface area contributed by atoms with Crippen LogP contribution in [0.4, 0.5) is 0 Å². The summed E-state index contributed by atoms with van der Waals surface area (Å²) in [5.41, 5.74) is 9.48. The average molecular weight is 333 g/mol. The minimum atomic E-state index is -0.392. The standard InChI is InChI=1S/C21H23N3O/c22-21(25)19-15-24(20-7-3-2-6-18(19)20)17-10-8-16(9-11-17)14-23-12-4-1-5-13-23/h2-3,6-11,15H,1,4-5,12-14H2,(H2,22,25). The number of benzene rings is 2. The fourth-order valence-corrected chi connectivity index (χ4v) is 3.73. The van der Waals surface area contributed by atoms with Crippen LogP contribution in [0.3, 0.4) is 0 Å². The molecule has 1 fully saturated rings. The number of hydrogen-bond donors (Lipinski definition) is 1. The van der Waals surface area contributed by atoms with Crippen LogP contribution in [-0.2, 0) is 6.54 Å². The Morgan fingerprint density at radius 2 is 1.68 bits per heavy atom. The molecule has 3 aromatic rings. The first-order chi connectivity index (χ1) is 12.2. The molecule has 4 nitrogen and oxygen atoms in total. The zero-order valence-electron chi connectivity index (χ0n) is 14.3. The second kappa shape index (κ2) is 6.73. The van der Waals surface area contributed by atoms with Gasteiger partial charge in [-0.15, -0.1) is 0 Å². The molecule has 1 aromatic heterocycles. The van der Waals surface area contributed by atoms with Crippen molar-refractivity contribution in [2.45, 2.75) is 25.8 Å². The Balaban J connectivity index is 1.64. The van der Waals surface area contributed by atoms with Gasteiger partial charge in [0.25, 0.3) is 5.91 Å². The normalized spacial score (nSPS) is 15.5. The lowest BCUT2D eigenvalue weighted by Crippen LogP contribution is -2.29. The van der Waals surface area contributed by atoms with Crippen LogP contribution in [0.2, 0.25) is 0 Å². The SMILES string of the molecule is NC(=O)c1cn(-c2ccc(CN3CCCCC3)cc2)c2ccccc12. The van der Waals surface area contributed by atoms with Gasteiger partial charge in [0.05, 0.1) is 11.1 Å². The minimum absolute atomic E-state index is 0.392. The molecule has 128 valence electrons. The van der Waals surface area contributed by atoms with Crippen molar-refractivity contribution in [2.24, 2.45) is 5.73 Å². The summed E-state index contributed by atoms with van der Waals surface area (Å²) in [7, 11) is 0. The summed E-state index contributed by atoms with van der Waals surface area (Å²) in [5, 5.41) is 0.896. The lowest BCUT2D eigenvalue weighted by Gasteiger charge is -2.26. The first-order valence-corrected chi connectivity index (χ1v) is 8.94. The number of piperidine rings is 1. The van der Waals surface area contributed by atoms with Gasteiger partial charge in [-0.05, 0) is 49.7 Å². The first kappa shape index (κ1) is 15.9. The molecule has 1 aliphatic rings. The van der Waals surface area contributed by atoms with Crippen molar-refractivity contribution in [3.8, 4) is 5.69 Å². The maximum atomic E-state index is 11.7. The second-order valence-corrected chi connectivity index (χ2v) is 6.80. The maximum Gasteiger partial charge on any atom is 0.250 e. The smallest absolute Gasteiger partial charge is 0.250 e. The highest BCUT2D eigenvalue weighted by atomic mass is 16.1. The summed E-state index contributed by atoms with van der Waals surface area (Å²) in [4.78, 5) is 14.3. The van der Waals surface area contributed by atoms with Crippen LogP contribution in [0.25, 0.3) is 16.6 Å². The molecule has 0 saturated carbocycles. The molecule has 0 unspecified atom stereocenters. The van der Waals surface area contributed by atoms with Gasteiger partial charge in [0, 0.05) is 23.8 Å². The third kappa shape index (κ3) is 3.17. The van der Waals surface area contributed by atoms with E-state index in [1.807, 2.05) is 35.0 Å². The predicted octanol–water partition coefficient (Wildman–Crippen LogP) is 3.72. The second-order valence-electron chi connectivity index (χ2n) is 6.80. The van der Waals surface area contributed by atoms with E-state index in [4.69, 9.17) is 5.73 Å². The molecule has 2 N–H and O–H groups in total. The molecule has 1 aliphatic heterocycles. The number of likely N-dealkylation sites (tertiary alicyclic amines) is 1. The van der Waals surface area contributed by atoms with Crippen molar-refractivity contribution in [1.29, 1.82) is 0 Å². The molecule has 4 rings (SSSR count). The van der Waals surface area contributed by atoms with Crippen molar-refractivity contribution in [2.75, 3.05) is 13.1 Å². The Labute approximate surface area is 147 Å². The Hall–Kier alpha value is -2.59. The zero-order chi connectivity index (χ0) is 17.2. The number of rotatable bonds is 4. The summed E-state index contributed by atoms with van der Waals surface area (Å²) >= 11 is 0. The molecule has 2 heterocycles. The number of nitrogens with two attached hydrogens (primary N) is 1. The molecule has 4 heteroatoms. The Morgan fingerprint density at radius 3 is 2.40 bits per heavy atom. The van der Waals surface area contributed by atoms with Gasteiger partial charge in [-0.25, -0.2) is 0 Å². The number of carbonyl (C=O) groups excluding carboxylic acids is 1. The van der Waals surface area contributed by atoms with Crippen molar-refractivity contribution in [1.82, 2.24) is 9.47 Å². The number of para-hydroxylation sites is 1. The predicted molar refractivity (Wildman–Crippen MR) is 101 cm³/mol. The lowest BCUT2D eigenvalue weighted by molar-refractivity contribution is 0.100. The van der Waals surface area contributed by atoms with Crippen LogP contribution < -0.4 is 5.73 Å². The molecule has 0 bridgehead atoms. The molecule has 25 heavy (non-hydrogen) atoms. The molecule has 0 spiro atoms. The number of carbonyl (C=O) groups is 1. The van der Waals surface area contributed by atoms with Crippen LogP contribution >= 0.6 is 0 Å². The van der Waals surface area contributed by atoms with E-state index in [9.17, 15) is 4.79 Å². The molecule has 0 aliphatic carbocycles. The molecular weight excluding hydrogens is 310 g/mol. The lowest BCUT2D eigenvalue weighted by atomic mass is 10.1. The third-order valence-corrected chi connectivity index (χ3v) is 5.05. The van der Waals surface area contributed by atoms with Gasteiger partial charge in [0.1, 0.15) is 0 Å². The van der Waals surface area contributed by atoms with E-state index in [-0.39, 0.29) is 0 Å². The minimum Gasteiger partial charge on any atom is -0.366 e. The fraction of sp³-hybridized carbons (Fsp3) is 0.286. The van der Waals surface area contributed by atoms with Crippen molar-refractivity contribution >= 4 is 16.8 Å². The monoisotopic (exact) mass is 333 g/mol. The highest BCUT2D eigenvalue weighted by molar-refractivity contribution is 6.06. The van der Waals surface area contributed by atoms with E-state index in [2.05, 4.69) is 29.2 Å². The van der Waals surface area contributed by atoms with Gasteiger partial charge >= 0.3 is 0 Å². The van der Waals surface area contributed by atoms with E-state index in [1.165, 1.54) is 37.9 Å². The van der Waals surface area contributed by atoms with Gasteiger partial charge in [0.15, 0.2) is 0 Å². The van der Waals surface area contributed by atoms with Crippen LogP contribution in [0.5, 0.6) is 0 Å². The van der Waals surface area contributed by atoms with Gasteiger partial charge in [-0.2, -0.15) is 0 Å². The zero-order valence-corrected chi connectivity index (χ0v) is 14.3. The average Bonchev–Trinajstić information content (AvgIpc) is 3.03. The summed E-state index contributed by atoms with van der Waals surface area (Å²) < 4.78 is 2.04. The molecule has 0 atom stereocenters. The largest absolute Gasteiger partial charge is 0.366 e. The van der Waals surface area contributed by atoms with E-state index < -0.39 is 5.91 Å². The first-order valence-electron chi connectivity index (χ1n) is 8.94. The molecule has 1 amide bonds. The summed E-state index contributed by atoms with van der Waals surface area (Å²) in [6.07, 6.45) is 5.82. The van der Waals surface area contributed by atoms with Crippen LogP contribution in [0, 0.1) is 0 Å². The number of amides is 1. The number of nitrogens with zero attached hydrogens (tertiary/aromatic N) is 2. The number of primary amides is 1. The van der Waals surface area contributed by atoms with Gasteiger partial charge in [-0.1, -0.05) is 36.8 Å². The Bertz CT molecular complexity index is 889. The fourth-order valence-electron chi connectivity index (χ4n) is 3.73. The molecule has 1 saturated heterocycles. The number of fused-ring (bicyclic) bond motifs is 1. The summed E-state index contributed by atoms with van der Waals surface area (Å²) in [6.45, 7) is 3.41. The Morgan fingerprint density at radius 1 is 0.960 bits per heavy atom. The summed E-state index contributed by atoms with van der Waals surface area (Å²) in [6, 6.07) is 16.5. The van der Waals surface area contributed by atoms with Crippen LogP contribution in [0.1, 0.15) is 35.2 Å². The van der Waals surface area contributed by atoms with E-state index >= 15 is 0 Å². The number of hydrogen-bond acceptors (Lipinski definition) is 2. The van der Waals surface area contributed by atoms with E-state index in [1.54, 1.807) is 0 Å². The maximum absolute atomic E-state index is 11.7. The highest BCUT2D eigenvalue weighted by Gasteiger charge is 2.14. The quantitative estimate of drug-likeness (QED) is 0.791.